The van der Waals surface area contributed by atoms with Gasteiger partial charge >= 0.3 is 5.97 Å². The number of allylic oxidation sites excluding steroid dienone is 2. The Morgan fingerprint density at radius 3 is 1.63 bits per heavy atom. The first-order chi connectivity index (χ1) is 45.6. The molecule has 0 amide bonds. The van der Waals surface area contributed by atoms with Crippen LogP contribution in [0.3, 0.4) is 0 Å². The number of hydrogen-bond donors (Lipinski definition) is 19. The van der Waals surface area contributed by atoms with E-state index in [9.17, 15) is 97.0 Å². The predicted octanol–water partition coefficient (Wildman–Crippen LogP) is -5.75. The Morgan fingerprint density at radius 2 is 1.01 bits per heavy atom. The molecule has 32 heteroatoms. The van der Waals surface area contributed by atoms with Crippen molar-refractivity contribution in [3.05, 3.63) is 11.6 Å². The smallest absolute Gasteiger partial charge is 0.315 e. The van der Waals surface area contributed by atoms with E-state index in [4.69, 9.17) is 56.8 Å². The molecular formula is C65H106O32. The zero-order valence-electron chi connectivity index (χ0n) is 55.7. The van der Waals surface area contributed by atoms with E-state index in [2.05, 4.69) is 40.7 Å². The fourth-order valence-electron chi connectivity index (χ4n) is 19.1. The molecule has 19 N–H and O–H groups in total. The summed E-state index contributed by atoms with van der Waals surface area (Å²) in [6.07, 6.45) is -41.0. The minimum Gasteiger partial charge on any atom is -0.432 e. The number of hydrogen-bond acceptors (Lipinski definition) is 32. The molecule has 4 unspecified atom stereocenters. The van der Waals surface area contributed by atoms with Gasteiger partial charge < -0.3 is 154 Å². The molecule has 5 aliphatic carbocycles. The summed E-state index contributed by atoms with van der Waals surface area (Å²) in [5.41, 5.74) is -2.20. The second-order valence-electron chi connectivity index (χ2n) is 31.3. The molecule has 6 aliphatic heterocycles. The van der Waals surface area contributed by atoms with Gasteiger partial charge in [-0.3, -0.25) is 4.79 Å². The average molecular weight is 1400 g/mol. The summed E-state index contributed by atoms with van der Waals surface area (Å²) in [6, 6.07) is 0. The largest absolute Gasteiger partial charge is 0.432 e. The number of carbonyl (C=O) groups excluding carboxylic acids is 1. The molecule has 558 valence electrons. The minimum absolute atomic E-state index is 0.0768. The first-order valence-electron chi connectivity index (χ1n) is 34.3. The van der Waals surface area contributed by atoms with Crippen LogP contribution in [0.15, 0.2) is 11.6 Å². The van der Waals surface area contributed by atoms with Crippen LogP contribution in [-0.4, -0.2) is 327 Å². The number of ether oxygens (including phenoxy) is 12. The summed E-state index contributed by atoms with van der Waals surface area (Å²) in [5, 5.41) is 206. The van der Waals surface area contributed by atoms with Crippen molar-refractivity contribution in [1.82, 2.24) is 0 Å². The van der Waals surface area contributed by atoms with Crippen molar-refractivity contribution in [3.8, 4) is 0 Å². The zero-order valence-corrected chi connectivity index (χ0v) is 55.7. The number of aliphatic hydroxyl groups is 19. The molecule has 11 aliphatic rings. The Kier molecular flexibility index (Phi) is 22.6. The van der Waals surface area contributed by atoms with Gasteiger partial charge in [-0.25, -0.2) is 0 Å². The van der Waals surface area contributed by atoms with Crippen LogP contribution in [0, 0.1) is 50.2 Å². The maximum absolute atomic E-state index is 15.3. The Bertz CT molecular complexity index is 2710. The molecule has 6 saturated heterocycles. The maximum Gasteiger partial charge on any atom is 0.315 e. The monoisotopic (exact) mass is 1400 g/mol. The van der Waals surface area contributed by atoms with Gasteiger partial charge in [-0.15, -0.1) is 0 Å². The van der Waals surface area contributed by atoms with E-state index in [0.717, 1.165) is 12.0 Å². The van der Waals surface area contributed by atoms with Crippen LogP contribution in [0.5, 0.6) is 0 Å². The topological polar surface area (TPSA) is 512 Å². The van der Waals surface area contributed by atoms with Gasteiger partial charge in [-0.2, -0.15) is 0 Å². The third kappa shape index (κ3) is 13.2. The van der Waals surface area contributed by atoms with E-state index in [1.807, 2.05) is 6.92 Å². The predicted molar refractivity (Wildman–Crippen MR) is 322 cm³/mol. The second kappa shape index (κ2) is 28.8. The lowest BCUT2D eigenvalue weighted by molar-refractivity contribution is -0.375. The fourth-order valence-corrected chi connectivity index (χ4v) is 19.1. The summed E-state index contributed by atoms with van der Waals surface area (Å²) in [5.74, 6) is -1.01. The molecule has 0 radical (unpaired) electrons. The molecule has 6 heterocycles. The zero-order chi connectivity index (χ0) is 70.7. The van der Waals surface area contributed by atoms with Gasteiger partial charge in [0.15, 0.2) is 31.5 Å². The quantitative estimate of drug-likeness (QED) is 0.0366. The van der Waals surface area contributed by atoms with Crippen molar-refractivity contribution in [2.24, 2.45) is 50.2 Å². The lowest BCUT2D eigenvalue weighted by Crippen LogP contribution is -2.67. The first kappa shape index (κ1) is 76.1. The Balaban J connectivity index is 0.732. The van der Waals surface area contributed by atoms with Gasteiger partial charge in [-0.1, -0.05) is 53.2 Å². The summed E-state index contributed by atoms with van der Waals surface area (Å²) >= 11 is 0. The number of esters is 1. The highest BCUT2D eigenvalue weighted by molar-refractivity contribution is 5.79. The maximum atomic E-state index is 15.3. The third-order valence-electron chi connectivity index (χ3n) is 25.4. The summed E-state index contributed by atoms with van der Waals surface area (Å²) in [6.45, 7) is 10.9. The number of fused-ring (bicyclic) bond motifs is 7. The normalized spacial score (nSPS) is 54.7. The van der Waals surface area contributed by atoms with Crippen molar-refractivity contribution in [2.45, 2.75) is 297 Å². The highest BCUT2D eigenvalue weighted by Gasteiger charge is 2.71. The van der Waals surface area contributed by atoms with Crippen LogP contribution >= 0.6 is 0 Å². The van der Waals surface area contributed by atoms with Crippen LogP contribution in [0.4, 0.5) is 0 Å². The van der Waals surface area contributed by atoms with Crippen molar-refractivity contribution in [1.29, 1.82) is 0 Å². The number of aliphatic hydroxyl groups excluding tert-OH is 19. The van der Waals surface area contributed by atoms with E-state index in [-0.39, 0.29) is 40.6 Å². The molecule has 97 heavy (non-hydrogen) atoms. The van der Waals surface area contributed by atoms with E-state index in [1.54, 1.807) is 0 Å². The molecular weight excluding hydrogens is 1290 g/mol. The highest BCUT2D eigenvalue weighted by Crippen LogP contribution is 2.76. The van der Waals surface area contributed by atoms with E-state index < -0.39 is 239 Å². The lowest BCUT2D eigenvalue weighted by Gasteiger charge is -2.71. The number of rotatable bonds is 17. The molecule has 0 aromatic rings. The molecule has 0 spiro atoms. The van der Waals surface area contributed by atoms with Gasteiger partial charge in [0, 0.05) is 5.41 Å². The molecule has 11 rings (SSSR count). The van der Waals surface area contributed by atoms with E-state index in [0.29, 0.717) is 57.8 Å². The van der Waals surface area contributed by atoms with Gasteiger partial charge in [-0.05, 0) is 111 Å². The van der Waals surface area contributed by atoms with Crippen LogP contribution in [0.2, 0.25) is 0 Å². The molecule has 0 bridgehead atoms. The van der Waals surface area contributed by atoms with Crippen molar-refractivity contribution < 1.29 is 159 Å². The molecule has 0 aromatic carbocycles. The van der Waals surface area contributed by atoms with E-state index in [1.165, 1.54) is 6.92 Å². The SMILES string of the molecule is C[C@@H]1O[C@@H](O[C@H]2[C@H](O)[C@@H](O)[C@H](OC[C@H]3O[C@@H](OC(=O)[C@]45CCC(C)(C)CC4C4=CCC6[C@@]7(C)CCC(O[C@@H]8OC[C@H](O[C@@H]9O[C@H](CO)[C@@H](O[C@@H]%10O[C@H](CO)[C@@H](O)[C@H](O)[C@H]%10O)[C@H](O)[C@H]9O)[C@H](O)[C@H]8O)[C@@](C)(CO)C7CC[C@@]6(C)[C@]4(C)CC5)[C@H](O)[C@@H](O)[C@@H]3O)O[C@@H]2CO)[C@H](O)[C@H](O)[C@H]1O. The fraction of sp³-hybridized carbons (Fsp3) is 0.954. The van der Waals surface area contributed by atoms with Gasteiger partial charge in [0.05, 0.1) is 57.3 Å². The van der Waals surface area contributed by atoms with Crippen molar-refractivity contribution >= 4 is 5.97 Å². The van der Waals surface area contributed by atoms with Gasteiger partial charge in [0.2, 0.25) is 6.29 Å². The molecule has 32 nitrogen and oxygen atoms in total. The summed E-state index contributed by atoms with van der Waals surface area (Å²) in [4.78, 5) is 15.3. The summed E-state index contributed by atoms with van der Waals surface area (Å²) < 4.78 is 70.3. The number of carbonyl (C=O) groups is 1. The van der Waals surface area contributed by atoms with Crippen LogP contribution in [-0.2, 0) is 61.6 Å². The third-order valence-corrected chi connectivity index (χ3v) is 25.4. The molecule has 38 atom stereocenters. The average Bonchev–Trinajstić information content (AvgIpc) is 0.675. The van der Waals surface area contributed by atoms with Crippen molar-refractivity contribution in [2.75, 3.05) is 39.6 Å². The Labute approximate surface area is 561 Å². The lowest BCUT2D eigenvalue weighted by atomic mass is 9.33. The molecule has 10 fully saturated rings. The molecule has 0 aromatic heterocycles. The highest BCUT2D eigenvalue weighted by atomic mass is 16.8. The second-order valence-corrected chi connectivity index (χ2v) is 31.3. The Hall–Kier alpha value is -1.99. The van der Waals surface area contributed by atoms with Gasteiger partial charge in [0.25, 0.3) is 0 Å². The van der Waals surface area contributed by atoms with Crippen LogP contribution in [0.25, 0.3) is 0 Å². The standard InChI is InChI=1S/C65H106O32/c1-25-36(70)40(74)46(80)55(88-25)95-51-29(20-67)90-53(49(83)43(51)77)86-22-31-38(72)42(76)48(82)58(93-31)97-59(85)65-16-14-60(2,3)18-27(65)26-8-9-34-61(4)12-11-35(62(5,24-69)33(61)10-13-64(34,7)63(26,6)15-17-65)94-54-45(79)39(73)32(23-87-54)92-56-50(84)44(78)52(30(21-68)91-56)96-57-47(81)41(75)37(71)28(19-66)89-57/h8,25,27-58,66-84H,9-24H2,1-7H3/t25-,27?,28+,29+,30+,31+,32-,33?,34?,35?,36-,37+,38+,39-,40+,41-,42-,43+,44+,45+,46+,47+,48+,49+,50+,51+,52+,53+,54-,55-,56-,57-,58-,61-,62-,63+,64+,65-/m0/s1. The minimum atomic E-state index is -1.93. The van der Waals surface area contributed by atoms with Crippen LogP contribution < -0.4 is 0 Å². The van der Waals surface area contributed by atoms with E-state index >= 15 is 4.79 Å². The summed E-state index contributed by atoms with van der Waals surface area (Å²) in [7, 11) is 0. The Morgan fingerprint density at radius 1 is 0.495 bits per heavy atom. The molecule has 4 saturated carbocycles. The van der Waals surface area contributed by atoms with Crippen LogP contribution in [0.1, 0.15) is 113 Å². The first-order valence-corrected chi connectivity index (χ1v) is 34.3. The van der Waals surface area contributed by atoms with Crippen molar-refractivity contribution in [3.63, 3.8) is 0 Å². The van der Waals surface area contributed by atoms with Gasteiger partial charge in [0.1, 0.15) is 134 Å².